The molecule has 129 valence electrons. The van der Waals surface area contributed by atoms with Gasteiger partial charge in [-0.2, -0.15) is 8.42 Å². The number of rotatable bonds is 3. The standard InChI is InChI=1S/C16H10Cl2N2O4S.Na/c17-11-8-15(25(22,23)24)12(18)7-13(11)19-20-16-10-4-2-1-3-9(10)5-6-14(16)21;/h1-8,21H,(H,22,23,24);. The number of fused-ring (bicyclic) bond motifs is 1. The number of phenolic OH excluding ortho intramolecular Hbond substituents is 1. The van der Waals surface area contributed by atoms with Crippen molar-refractivity contribution in [3.8, 4) is 5.75 Å². The molecule has 3 aromatic carbocycles. The van der Waals surface area contributed by atoms with Crippen LogP contribution in [0, 0.1) is 0 Å². The molecule has 0 aliphatic carbocycles. The Morgan fingerprint density at radius 2 is 1.62 bits per heavy atom. The summed E-state index contributed by atoms with van der Waals surface area (Å²) < 4.78 is 31.5. The molecule has 0 bridgehead atoms. The first kappa shape index (κ1) is 21.1. The molecule has 1 radical (unpaired) electrons. The zero-order chi connectivity index (χ0) is 18.2. The van der Waals surface area contributed by atoms with Crippen LogP contribution in [0.3, 0.4) is 0 Å². The van der Waals surface area contributed by atoms with Crippen LogP contribution in [-0.2, 0) is 10.1 Å². The van der Waals surface area contributed by atoms with Gasteiger partial charge in [0, 0.05) is 34.9 Å². The Morgan fingerprint density at radius 1 is 0.923 bits per heavy atom. The van der Waals surface area contributed by atoms with Gasteiger partial charge < -0.3 is 5.11 Å². The molecule has 0 spiro atoms. The molecule has 10 heteroatoms. The van der Waals surface area contributed by atoms with E-state index in [-0.39, 0.29) is 56.7 Å². The van der Waals surface area contributed by atoms with Crippen LogP contribution in [-0.4, -0.2) is 47.6 Å². The summed E-state index contributed by atoms with van der Waals surface area (Å²) in [5, 5.41) is 19.2. The quantitative estimate of drug-likeness (QED) is 0.349. The van der Waals surface area contributed by atoms with Gasteiger partial charge in [0.1, 0.15) is 22.0 Å². The minimum atomic E-state index is -4.50. The Kier molecular flexibility index (Phi) is 6.68. The molecule has 3 rings (SSSR count). The Hall–Kier alpha value is -1.19. The summed E-state index contributed by atoms with van der Waals surface area (Å²) in [6.45, 7) is 0. The third-order valence-corrected chi connectivity index (χ3v) is 5.04. The number of benzene rings is 3. The van der Waals surface area contributed by atoms with E-state index >= 15 is 0 Å². The fourth-order valence-electron chi connectivity index (χ4n) is 2.24. The third kappa shape index (κ3) is 4.37. The Morgan fingerprint density at radius 3 is 2.31 bits per heavy atom. The van der Waals surface area contributed by atoms with Crippen LogP contribution in [0.4, 0.5) is 11.4 Å². The number of hydrogen-bond donors (Lipinski definition) is 2. The SMILES string of the molecule is O=S(=O)(O)c1cc(Cl)c(N=Nc2c(O)ccc3ccccc23)cc1Cl.[Na]. The minimum absolute atomic E-state index is 0. The van der Waals surface area contributed by atoms with Crippen molar-refractivity contribution in [1.82, 2.24) is 0 Å². The average Bonchev–Trinajstić information content (AvgIpc) is 2.55. The maximum absolute atomic E-state index is 11.2. The fourth-order valence-corrected chi connectivity index (χ4v) is 3.53. The number of halogens is 2. The molecule has 0 aromatic heterocycles. The topological polar surface area (TPSA) is 99.3 Å². The van der Waals surface area contributed by atoms with Crippen molar-refractivity contribution in [2.75, 3.05) is 0 Å². The number of phenols is 1. The van der Waals surface area contributed by atoms with Crippen LogP contribution in [0.2, 0.25) is 10.0 Å². The second kappa shape index (κ2) is 8.22. The van der Waals surface area contributed by atoms with Crippen molar-refractivity contribution in [2.24, 2.45) is 10.2 Å². The Labute approximate surface area is 181 Å². The van der Waals surface area contributed by atoms with Gasteiger partial charge in [0.15, 0.2) is 0 Å². The van der Waals surface area contributed by atoms with Crippen LogP contribution >= 0.6 is 23.2 Å². The van der Waals surface area contributed by atoms with Crippen molar-refractivity contribution < 1.29 is 18.1 Å². The molecule has 0 atom stereocenters. The molecule has 2 N–H and O–H groups in total. The summed E-state index contributed by atoms with van der Waals surface area (Å²) in [5.41, 5.74) is 0.329. The average molecular weight is 420 g/mol. The van der Waals surface area contributed by atoms with Gasteiger partial charge in [0.2, 0.25) is 0 Å². The summed E-state index contributed by atoms with van der Waals surface area (Å²) in [4.78, 5) is -0.522. The molecular formula is C16H10Cl2N2NaO4S. The maximum Gasteiger partial charge on any atom is 0.296 e. The van der Waals surface area contributed by atoms with Gasteiger partial charge in [-0.25, -0.2) is 0 Å². The molecule has 0 heterocycles. The second-order valence-corrected chi connectivity index (χ2v) is 7.27. The zero-order valence-electron chi connectivity index (χ0n) is 13.4. The molecule has 0 saturated carbocycles. The van der Waals surface area contributed by atoms with Gasteiger partial charge in [0.25, 0.3) is 10.1 Å². The van der Waals surface area contributed by atoms with E-state index in [1.54, 1.807) is 18.2 Å². The maximum atomic E-state index is 11.2. The first-order chi connectivity index (χ1) is 11.8. The van der Waals surface area contributed by atoms with Crippen molar-refractivity contribution in [3.05, 3.63) is 58.6 Å². The minimum Gasteiger partial charge on any atom is -0.506 e. The molecule has 0 aliphatic heterocycles. The predicted molar refractivity (Wildman–Crippen MR) is 102 cm³/mol. The number of azo groups is 1. The van der Waals surface area contributed by atoms with Gasteiger partial charge in [-0.15, -0.1) is 10.2 Å². The van der Waals surface area contributed by atoms with E-state index in [9.17, 15) is 13.5 Å². The van der Waals surface area contributed by atoms with Crippen LogP contribution < -0.4 is 0 Å². The first-order valence-corrected chi connectivity index (χ1v) is 9.06. The Balaban J connectivity index is 0.00000243. The molecule has 0 unspecified atom stereocenters. The van der Waals surface area contributed by atoms with Crippen LogP contribution in [0.15, 0.2) is 63.7 Å². The normalized spacial score (nSPS) is 11.7. The van der Waals surface area contributed by atoms with Crippen molar-refractivity contribution in [1.29, 1.82) is 0 Å². The summed E-state index contributed by atoms with van der Waals surface area (Å²) in [6.07, 6.45) is 0. The second-order valence-electron chi connectivity index (χ2n) is 5.06. The molecule has 0 saturated heterocycles. The van der Waals surface area contributed by atoms with Gasteiger partial charge >= 0.3 is 0 Å². The van der Waals surface area contributed by atoms with Crippen molar-refractivity contribution >= 4 is 85.0 Å². The fraction of sp³-hybridized carbons (Fsp3) is 0. The van der Waals surface area contributed by atoms with E-state index in [4.69, 9.17) is 27.8 Å². The van der Waals surface area contributed by atoms with Crippen LogP contribution in [0.5, 0.6) is 5.75 Å². The number of hydrogen-bond acceptors (Lipinski definition) is 5. The van der Waals surface area contributed by atoms with Crippen LogP contribution in [0.1, 0.15) is 0 Å². The summed E-state index contributed by atoms with van der Waals surface area (Å²) in [5.74, 6) is -0.0702. The smallest absolute Gasteiger partial charge is 0.296 e. The van der Waals surface area contributed by atoms with Crippen molar-refractivity contribution in [3.63, 3.8) is 0 Å². The molecular weight excluding hydrogens is 410 g/mol. The van der Waals surface area contributed by atoms with Crippen molar-refractivity contribution in [2.45, 2.75) is 4.90 Å². The van der Waals surface area contributed by atoms with E-state index < -0.39 is 15.0 Å². The van der Waals surface area contributed by atoms with E-state index in [1.165, 1.54) is 12.1 Å². The Bertz CT molecular complexity index is 1120. The molecule has 26 heavy (non-hydrogen) atoms. The zero-order valence-corrected chi connectivity index (χ0v) is 17.7. The monoisotopic (exact) mass is 419 g/mol. The van der Waals surface area contributed by atoms with Gasteiger partial charge in [-0.3, -0.25) is 4.55 Å². The summed E-state index contributed by atoms with van der Waals surface area (Å²) in [6, 6.07) is 12.7. The summed E-state index contributed by atoms with van der Waals surface area (Å²) in [7, 11) is -4.50. The predicted octanol–water partition coefficient (Wildman–Crippen LogP) is 5.13. The van der Waals surface area contributed by atoms with E-state index in [1.807, 2.05) is 12.1 Å². The summed E-state index contributed by atoms with van der Waals surface area (Å²) >= 11 is 11.8. The molecule has 0 aliphatic rings. The van der Waals surface area contributed by atoms with Gasteiger partial charge in [-0.05, 0) is 23.6 Å². The van der Waals surface area contributed by atoms with Crippen LogP contribution in [0.25, 0.3) is 10.8 Å². The molecule has 0 fully saturated rings. The van der Waals surface area contributed by atoms with E-state index in [0.717, 1.165) is 11.5 Å². The van der Waals surface area contributed by atoms with E-state index in [2.05, 4.69) is 10.2 Å². The first-order valence-electron chi connectivity index (χ1n) is 6.86. The van der Waals surface area contributed by atoms with Gasteiger partial charge in [-0.1, -0.05) is 53.5 Å². The molecule has 6 nitrogen and oxygen atoms in total. The largest absolute Gasteiger partial charge is 0.506 e. The number of nitrogens with zero attached hydrogens (tertiary/aromatic N) is 2. The molecule has 3 aromatic rings. The van der Waals surface area contributed by atoms with E-state index in [0.29, 0.717) is 5.39 Å². The van der Waals surface area contributed by atoms with Gasteiger partial charge in [0.05, 0.1) is 10.0 Å². The number of aromatic hydroxyl groups is 1. The third-order valence-electron chi connectivity index (χ3n) is 3.42. The molecule has 0 amide bonds.